The standard InChI is InChI=1S/C22H22O10/c1-9-16(25)18(27)19(28)22(30-9)32-21-17(26)15-13(24)7-11(23)8-14(15)31-20(21)10-3-5-12(29-2)6-4-10/h3-9,16,18-19,22-25,27-28H,1-2H3/t9?,16-,18?,19-,22-/m0/s1. The molecule has 0 radical (unpaired) electrons. The van der Waals surface area contributed by atoms with Crippen LogP contribution < -0.4 is 14.9 Å². The van der Waals surface area contributed by atoms with E-state index in [9.17, 15) is 30.3 Å². The molecule has 4 rings (SSSR count). The van der Waals surface area contributed by atoms with E-state index in [0.717, 1.165) is 6.07 Å². The summed E-state index contributed by atoms with van der Waals surface area (Å²) < 4.78 is 22.1. The van der Waals surface area contributed by atoms with Gasteiger partial charge >= 0.3 is 0 Å². The molecule has 5 atom stereocenters. The molecule has 170 valence electrons. The molecule has 0 spiro atoms. The molecule has 1 aliphatic rings. The van der Waals surface area contributed by atoms with Gasteiger partial charge in [0.05, 0.1) is 13.2 Å². The molecule has 1 saturated heterocycles. The highest BCUT2D eigenvalue weighted by Gasteiger charge is 2.44. The van der Waals surface area contributed by atoms with Gasteiger partial charge in [0.25, 0.3) is 0 Å². The first-order chi connectivity index (χ1) is 15.2. The van der Waals surface area contributed by atoms with Gasteiger partial charge in [0, 0.05) is 17.7 Å². The molecule has 0 saturated carbocycles. The molecule has 10 nitrogen and oxygen atoms in total. The van der Waals surface area contributed by atoms with Gasteiger partial charge in [-0.2, -0.15) is 0 Å². The largest absolute Gasteiger partial charge is 0.508 e. The normalized spacial score (nSPS) is 25.6. The second kappa shape index (κ2) is 8.32. The second-order valence-corrected chi connectivity index (χ2v) is 7.46. The van der Waals surface area contributed by atoms with E-state index in [-0.39, 0.29) is 22.5 Å². The molecule has 10 heteroatoms. The van der Waals surface area contributed by atoms with Crippen molar-refractivity contribution in [3.8, 4) is 34.3 Å². The van der Waals surface area contributed by atoms with Crippen molar-refractivity contribution >= 4 is 11.0 Å². The molecule has 2 heterocycles. The van der Waals surface area contributed by atoms with Gasteiger partial charge in [-0.15, -0.1) is 0 Å². The fourth-order valence-corrected chi connectivity index (χ4v) is 3.53. The van der Waals surface area contributed by atoms with Crippen LogP contribution in [0.2, 0.25) is 0 Å². The van der Waals surface area contributed by atoms with Gasteiger partial charge < -0.3 is 44.2 Å². The Labute approximate surface area is 181 Å². The van der Waals surface area contributed by atoms with E-state index in [1.165, 1.54) is 20.1 Å². The number of rotatable bonds is 4. The Kier molecular flexibility index (Phi) is 5.70. The van der Waals surface area contributed by atoms with Gasteiger partial charge in [-0.05, 0) is 31.2 Å². The Morgan fingerprint density at radius 1 is 0.969 bits per heavy atom. The topological polar surface area (TPSA) is 159 Å². The average molecular weight is 446 g/mol. The molecule has 0 aliphatic carbocycles. The average Bonchev–Trinajstić information content (AvgIpc) is 2.77. The number of benzene rings is 2. The van der Waals surface area contributed by atoms with Crippen molar-refractivity contribution in [1.82, 2.24) is 0 Å². The number of aromatic hydroxyl groups is 2. The number of phenolic OH excluding ortho intramolecular Hbond substituents is 2. The van der Waals surface area contributed by atoms with Crippen molar-refractivity contribution in [1.29, 1.82) is 0 Å². The maximum Gasteiger partial charge on any atom is 0.239 e. The number of fused-ring (bicyclic) bond motifs is 1. The molecule has 1 fully saturated rings. The third-order valence-corrected chi connectivity index (χ3v) is 5.31. The first kappa shape index (κ1) is 21.9. The lowest BCUT2D eigenvalue weighted by Crippen LogP contribution is -2.58. The van der Waals surface area contributed by atoms with Crippen molar-refractivity contribution in [3.63, 3.8) is 0 Å². The summed E-state index contributed by atoms with van der Waals surface area (Å²) in [6.45, 7) is 1.47. The third kappa shape index (κ3) is 3.73. The lowest BCUT2D eigenvalue weighted by Gasteiger charge is -2.38. The molecule has 1 aliphatic heterocycles. The maximum absolute atomic E-state index is 13.3. The van der Waals surface area contributed by atoms with Crippen molar-refractivity contribution < 1.29 is 44.2 Å². The van der Waals surface area contributed by atoms with Gasteiger partial charge in [-0.3, -0.25) is 4.79 Å². The van der Waals surface area contributed by atoms with E-state index in [1.54, 1.807) is 24.3 Å². The predicted molar refractivity (Wildman–Crippen MR) is 111 cm³/mol. The van der Waals surface area contributed by atoms with Crippen LogP contribution in [-0.2, 0) is 4.74 Å². The molecular formula is C22H22O10. The summed E-state index contributed by atoms with van der Waals surface area (Å²) >= 11 is 0. The highest BCUT2D eigenvalue weighted by molar-refractivity contribution is 5.88. The minimum absolute atomic E-state index is 0.0702. The van der Waals surface area contributed by atoms with E-state index >= 15 is 0 Å². The van der Waals surface area contributed by atoms with Gasteiger partial charge in [-0.1, -0.05) is 0 Å². The summed E-state index contributed by atoms with van der Waals surface area (Å²) in [5.74, 6) is -0.771. The van der Waals surface area contributed by atoms with Crippen LogP contribution >= 0.6 is 0 Å². The zero-order chi connectivity index (χ0) is 23.2. The van der Waals surface area contributed by atoms with Crippen molar-refractivity contribution in [2.75, 3.05) is 7.11 Å². The van der Waals surface area contributed by atoms with Crippen molar-refractivity contribution in [3.05, 3.63) is 46.6 Å². The molecule has 3 aromatic rings. The summed E-state index contributed by atoms with van der Waals surface area (Å²) in [5, 5.41) is 50.1. The van der Waals surface area contributed by atoms with Crippen LogP contribution in [0.1, 0.15) is 6.92 Å². The fourth-order valence-electron chi connectivity index (χ4n) is 3.53. The molecule has 0 bridgehead atoms. The van der Waals surface area contributed by atoms with Crippen LogP contribution in [0.4, 0.5) is 0 Å². The minimum Gasteiger partial charge on any atom is -0.508 e. The smallest absolute Gasteiger partial charge is 0.239 e. The highest BCUT2D eigenvalue weighted by Crippen LogP contribution is 2.37. The van der Waals surface area contributed by atoms with Gasteiger partial charge in [-0.25, -0.2) is 0 Å². The number of methoxy groups -OCH3 is 1. The Balaban J connectivity index is 1.89. The number of aliphatic hydroxyl groups is 3. The van der Waals surface area contributed by atoms with Crippen molar-refractivity contribution in [2.45, 2.75) is 37.6 Å². The van der Waals surface area contributed by atoms with Gasteiger partial charge in [0.15, 0.2) is 5.76 Å². The molecule has 2 aromatic carbocycles. The van der Waals surface area contributed by atoms with Crippen LogP contribution in [0.3, 0.4) is 0 Å². The molecule has 32 heavy (non-hydrogen) atoms. The second-order valence-electron chi connectivity index (χ2n) is 7.46. The molecular weight excluding hydrogens is 424 g/mol. The molecule has 2 unspecified atom stereocenters. The first-order valence-corrected chi connectivity index (χ1v) is 9.74. The lowest BCUT2D eigenvalue weighted by molar-refractivity contribution is -0.268. The monoisotopic (exact) mass is 446 g/mol. The number of ether oxygens (including phenoxy) is 3. The van der Waals surface area contributed by atoms with Gasteiger partial charge in [0.2, 0.25) is 17.5 Å². The third-order valence-electron chi connectivity index (χ3n) is 5.31. The van der Waals surface area contributed by atoms with E-state index in [1.807, 2.05) is 0 Å². The number of phenols is 2. The summed E-state index contributed by atoms with van der Waals surface area (Å²) in [4.78, 5) is 13.3. The van der Waals surface area contributed by atoms with Crippen molar-refractivity contribution in [2.24, 2.45) is 0 Å². The van der Waals surface area contributed by atoms with Crippen LogP contribution in [0.25, 0.3) is 22.3 Å². The van der Waals surface area contributed by atoms with E-state index in [4.69, 9.17) is 18.6 Å². The minimum atomic E-state index is -1.67. The Bertz CT molecular complexity index is 1190. The molecule has 1 aromatic heterocycles. The molecule has 5 N–H and O–H groups in total. The van der Waals surface area contributed by atoms with Crippen LogP contribution in [-0.4, -0.2) is 63.3 Å². The zero-order valence-electron chi connectivity index (χ0n) is 17.1. The predicted octanol–water partition coefficient (Wildman–Crippen LogP) is 1.09. The van der Waals surface area contributed by atoms with Crippen LogP contribution in [0, 0.1) is 0 Å². The number of hydrogen-bond acceptors (Lipinski definition) is 10. The SMILES string of the molecule is COc1ccc(-c2oc3cc(O)cc(O)c3c(=O)c2O[C@@H]2OC(C)[C@H](O)C(O)[C@@H]2O)cc1. The number of aliphatic hydroxyl groups excluding tert-OH is 3. The number of hydrogen-bond donors (Lipinski definition) is 5. The van der Waals surface area contributed by atoms with E-state index < -0.39 is 47.6 Å². The maximum atomic E-state index is 13.3. The summed E-state index contributed by atoms with van der Waals surface area (Å²) in [6, 6.07) is 8.58. The van der Waals surface area contributed by atoms with E-state index in [2.05, 4.69) is 0 Å². The van der Waals surface area contributed by atoms with Gasteiger partial charge in [0.1, 0.15) is 46.5 Å². The summed E-state index contributed by atoms with van der Waals surface area (Å²) in [7, 11) is 1.49. The fraction of sp³-hybridized carbons (Fsp3) is 0.318. The summed E-state index contributed by atoms with van der Waals surface area (Å²) in [6.07, 6.45) is -7.02. The molecule has 0 amide bonds. The zero-order valence-corrected chi connectivity index (χ0v) is 17.1. The quantitative estimate of drug-likeness (QED) is 0.393. The Morgan fingerprint density at radius 3 is 2.31 bits per heavy atom. The van der Waals surface area contributed by atoms with E-state index in [0.29, 0.717) is 11.3 Å². The highest BCUT2D eigenvalue weighted by atomic mass is 16.7. The summed E-state index contributed by atoms with van der Waals surface area (Å²) in [5.41, 5.74) is -0.500. The van der Waals surface area contributed by atoms with Crippen LogP contribution in [0.5, 0.6) is 23.0 Å². The Morgan fingerprint density at radius 2 is 1.66 bits per heavy atom. The van der Waals surface area contributed by atoms with Crippen LogP contribution in [0.15, 0.2) is 45.6 Å². The first-order valence-electron chi connectivity index (χ1n) is 9.74. The Hall–Kier alpha value is -3.31. The lowest BCUT2D eigenvalue weighted by atomic mass is 10.00.